The van der Waals surface area contributed by atoms with Crippen LogP contribution in [0, 0.1) is 11.3 Å². The van der Waals surface area contributed by atoms with E-state index in [2.05, 4.69) is 0 Å². The average molecular weight is 305 g/mol. The highest BCUT2D eigenvalue weighted by atomic mass is 35.6. The summed E-state index contributed by atoms with van der Waals surface area (Å²) in [6.07, 6.45) is 0.850. The van der Waals surface area contributed by atoms with Gasteiger partial charge in [0.25, 0.3) is 0 Å². The molecule has 1 heterocycles. The number of alkyl halides is 3. The second kappa shape index (κ2) is 5.38. The molecule has 0 spiro atoms. The largest absolute Gasteiger partial charge is 0.459 e. The number of hydrogen-bond donors (Lipinski definition) is 0. The summed E-state index contributed by atoms with van der Waals surface area (Å²) < 4.78 is 9.30. The van der Waals surface area contributed by atoms with E-state index in [1.807, 2.05) is 24.3 Å². The lowest BCUT2D eigenvalue weighted by Gasteiger charge is -2.25. The zero-order chi connectivity index (χ0) is 13.2. The van der Waals surface area contributed by atoms with E-state index in [0.29, 0.717) is 11.3 Å². The standard InChI is InChI=1S/C12H8Cl3NO2/c13-12(14,15)7-17-11-9(6-16)5-8-3-1-2-4-10(8)18-11/h1-5,11H,7H2. The lowest BCUT2D eigenvalue weighted by Crippen LogP contribution is -2.29. The van der Waals surface area contributed by atoms with Crippen molar-refractivity contribution in [1.82, 2.24) is 0 Å². The van der Waals surface area contributed by atoms with E-state index in [9.17, 15) is 0 Å². The highest BCUT2D eigenvalue weighted by Gasteiger charge is 2.28. The maximum Gasteiger partial charge on any atom is 0.236 e. The first-order valence-corrected chi connectivity index (χ1v) is 6.19. The lowest BCUT2D eigenvalue weighted by molar-refractivity contribution is -0.0503. The van der Waals surface area contributed by atoms with Crippen LogP contribution in [0.2, 0.25) is 0 Å². The summed E-state index contributed by atoms with van der Waals surface area (Å²) in [4.78, 5) is 0. The molecular formula is C12H8Cl3NO2. The molecule has 1 aromatic rings. The third-order valence-electron chi connectivity index (χ3n) is 2.25. The number of nitriles is 1. The molecule has 1 atom stereocenters. The summed E-state index contributed by atoms with van der Waals surface area (Å²) in [5.74, 6) is 0.630. The maximum atomic E-state index is 9.04. The zero-order valence-electron chi connectivity index (χ0n) is 9.07. The first kappa shape index (κ1) is 13.5. The molecule has 0 saturated heterocycles. The van der Waals surface area contributed by atoms with Crippen molar-refractivity contribution in [3.63, 3.8) is 0 Å². The number of benzene rings is 1. The Balaban J connectivity index is 2.18. The van der Waals surface area contributed by atoms with Crippen molar-refractivity contribution in [2.45, 2.75) is 10.1 Å². The average Bonchev–Trinajstić information content (AvgIpc) is 2.34. The number of rotatable bonds is 2. The Hall–Kier alpha value is -0.920. The molecule has 3 nitrogen and oxygen atoms in total. The van der Waals surface area contributed by atoms with E-state index in [-0.39, 0.29) is 6.61 Å². The van der Waals surface area contributed by atoms with Gasteiger partial charge in [0.1, 0.15) is 11.8 Å². The third-order valence-corrected chi connectivity index (χ3v) is 2.57. The molecule has 1 aromatic carbocycles. The van der Waals surface area contributed by atoms with Crippen LogP contribution in [-0.2, 0) is 4.74 Å². The molecule has 1 aliphatic heterocycles. The van der Waals surface area contributed by atoms with Crippen molar-refractivity contribution in [3.05, 3.63) is 35.4 Å². The van der Waals surface area contributed by atoms with Gasteiger partial charge in [-0.1, -0.05) is 53.0 Å². The topological polar surface area (TPSA) is 42.2 Å². The van der Waals surface area contributed by atoms with Gasteiger partial charge in [-0.05, 0) is 12.1 Å². The fourth-order valence-electron chi connectivity index (χ4n) is 1.50. The number of para-hydroxylation sites is 1. The number of nitrogens with zero attached hydrogens (tertiary/aromatic N) is 1. The van der Waals surface area contributed by atoms with Crippen LogP contribution >= 0.6 is 34.8 Å². The zero-order valence-corrected chi connectivity index (χ0v) is 11.3. The quantitative estimate of drug-likeness (QED) is 0.782. The SMILES string of the molecule is N#CC1=Cc2ccccc2OC1OCC(Cl)(Cl)Cl. The molecule has 1 aliphatic rings. The van der Waals surface area contributed by atoms with E-state index < -0.39 is 10.1 Å². The summed E-state index contributed by atoms with van der Waals surface area (Å²) in [5.41, 5.74) is 1.16. The minimum absolute atomic E-state index is 0.163. The first-order valence-electron chi connectivity index (χ1n) is 5.05. The molecule has 0 radical (unpaired) electrons. The highest BCUT2D eigenvalue weighted by Crippen LogP contribution is 2.32. The summed E-state index contributed by atoms with van der Waals surface area (Å²) >= 11 is 16.8. The summed E-state index contributed by atoms with van der Waals surface area (Å²) in [6, 6.07) is 9.33. The van der Waals surface area contributed by atoms with Crippen LogP contribution in [0.5, 0.6) is 5.75 Å². The van der Waals surface area contributed by atoms with Crippen LogP contribution in [-0.4, -0.2) is 16.7 Å². The van der Waals surface area contributed by atoms with Gasteiger partial charge in [0.05, 0.1) is 12.2 Å². The highest BCUT2D eigenvalue weighted by molar-refractivity contribution is 6.67. The first-order chi connectivity index (χ1) is 8.49. The molecular weight excluding hydrogens is 296 g/mol. The molecule has 94 valence electrons. The van der Waals surface area contributed by atoms with Gasteiger partial charge in [-0.2, -0.15) is 5.26 Å². The molecule has 0 fully saturated rings. The van der Waals surface area contributed by atoms with Gasteiger partial charge in [-0.15, -0.1) is 0 Å². The number of fused-ring (bicyclic) bond motifs is 1. The maximum absolute atomic E-state index is 9.04. The molecule has 0 saturated carbocycles. The van der Waals surface area contributed by atoms with Crippen molar-refractivity contribution in [2.24, 2.45) is 0 Å². The second-order valence-corrected chi connectivity index (χ2v) is 6.14. The van der Waals surface area contributed by atoms with E-state index >= 15 is 0 Å². The summed E-state index contributed by atoms with van der Waals surface area (Å²) in [7, 11) is 0. The predicted octanol–water partition coefficient (Wildman–Crippen LogP) is 3.70. The molecule has 0 N–H and O–H groups in total. The smallest absolute Gasteiger partial charge is 0.236 e. The van der Waals surface area contributed by atoms with Gasteiger partial charge in [-0.3, -0.25) is 0 Å². The Labute approximate surface area is 119 Å². The van der Waals surface area contributed by atoms with E-state index in [1.54, 1.807) is 12.1 Å². The Morgan fingerprint density at radius 1 is 1.33 bits per heavy atom. The Morgan fingerprint density at radius 2 is 2.06 bits per heavy atom. The minimum Gasteiger partial charge on any atom is -0.459 e. The van der Waals surface area contributed by atoms with Crippen molar-refractivity contribution in [3.8, 4) is 11.8 Å². The molecule has 6 heteroatoms. The van der Waals surface area contributed by atoms with Crippen LogP contribution in [0.4, 0.5) is 0 Å². The van der Waals surface area contributed by atoms with Crippen LogP contribution in [0.25, 0.3) is 6.08 Å². The van der Waals surface area contributed by atoms with Crippen molar-refractivity contribution in [1.29, 1.82) is 5.26 Å². The number of ether oxygens (including phenoxy) is 2. The third kappa shape index (κ3) is 3.30. The molecule has 1 unspecified atom stereocenters. The van der Waals surface area contributed by atoms with Crippen LogP contribution in [0.3, 0.4) is 0 Å². The van der Waals surface area contributed by atoms with Gasteiger partial charge in [0.2, 0.25) is 10.1 Å². The molecule has 0 amide bonds. The van der Waals surface area contributed by atoms with Crippen LogP contribution < -0.4 is 4.74 Å². The number of halogens is 3. The van der Waals surface area contributed by atoms with Gasteiger partial charge < -0.3 is 9.47 Å². The fraction of sp³-hybridized carbons (Fsp3) is 0.250. The van der Waals surface area contributed by atoms with Gasteiger partial charge in [-0.25, -0.2) is 0 Å². The van der Waals surface area contributed by atoms with Crippen molar-refractivity contribution < 1.29 is 9.47 Å². The summed E-state index contributed by atoms with van der Waals surface area (Å²) in [5, 5.41) is 9.04. The van der Waals surface area contributed by atoms with Gasteiger partial charge >= 0.3 is 0 Å². The molecule has 0 aromatic heterocycles. The molecule has 0 aliphatic carbocycles. The Morgan fingerprint density at radius 3 is 2.72 bits per heavy atom. The normalized spacial score (nSPS) is 18.3. The molecule has 0 bridgehead atoms. The molecule has 2 rings (SSSR count). The second-order valence-electron chi connectivity index (χ2n) is 3.63. The molecule has 18 heavy (non-hydrogen) atoms. The van der Waals surface area contributed by atoms with Gasteiger partial charge in [0, 0.05) is 5.56 Å². The van der Waals surface area contributed by atoms with Crippen molar-refractivity contribution >= 4 is 40.9 Å². The minimum atomic E-state index is -1.54. The number of hydrogen-bond acceptors (Lipinski definition) is 3. The monoisotopic (exact) mass is 303 g/mol. The van der Waals surface area contributed by atoms with Gasteiger partial charge in [0.15, 0.2) is 0 Å². The lowest BCUT2D eigenvalue weighted by atomic mass is 10.1. The summed E-state index contributed by atoms with van der Waals surface area (Å²) in [6.45, 7) is -0.163. The van der Waals surface area contributed by atoms with Crippen LogP contribution in [0.15, 0.2) is 29.8 Å². The Bertz CT molecular complexity index is 517. The van der Waals surface area contributed by atoms with Crippen molar-refractivity contribution in [2.75, 3.05) is 6.61 Å². The van der Waals surface area contributed by atoms with E-state index in [1.165, 1.54) is 0 Å². The van der Waals surface area contributed by atoms with E-state index in [4.69, 9.17) is 49.5 Å². The van der Waals surface area contributed by atoms with Crippen LogP contribution in [0.1, 0.15) is 5.56 Å². The fourth-order valence-corrected chi connectivity index (χ4v) is 1.69. The predicted molar refractivity (Wildman–Crippen MR) is 70.7 cm³/mol. The Kier molecular flexibility index (Phi) is 4.04. The van der Waals surface area contributed by atoms with E-state index in [0.717, 1.165) is 5.56 Å².